The lowest BCUT2D eigenvalue weighted by molar-refractivity contribution is -0.145. The van der Waals surface area contributed by atoms with Gasteiger partial charge in [-0.25, -0.2) is 4.79 Å². The number of rotatable bonds is 7. The smallest absolute Gasteiger partial charge is 0.333 e. The van der Waals surface area contributed by atoms with Gasteiger partial charge >= 0.3 is 5.97 Å². The van der Waals surface area contributed by atoms with Gasteiger partial charge < -0.3 is 10.1 Å². The normalized spacial score (nSPS) is 12.9. The Morgan fingerprint density at radius 3 is 2.24 bits per heavy atom. The summed E-state index contributed by atoms with van der Waals surface area (Å²) in [5, 5.41) is 2.81. The van der Waals surface area contributed by atoms with E-state index >= 15 is 0 Å². The summed E-state index contributed by atoms with van der Waals surface area (Å²) >= 11 is 3.36. The summed E-state index contributed by atoms with van der Waals surface area (Å²) in [4.78, 5) is 24.6. The van der Waals surface area contributed by atoms with E-state index in [-0.39, 0.29) is 11.8 Å². The molecule has 0 aliphatic heterocycles. The summed E-state index contributed by atoms with van der Waals surface area (Å²) in [6, 6.07) is 16.4. The first-order valence-electron chi connectivity index (χ1n) is 8.22. The maximum atomic E-state index is 12.5. The fourth-order valence-electron chi connectivity index (χ4n) is 2.72. The minimum absolute atomic E-state index is 0.115. The predicted molar refractivity (Wildman–Crippen MR) is 101 cm³/mol. The number of esters is 1. The molecule has 2 aromatic carbocycles. The fraction of sp³-hybridized carbons (Fsp3) is 0.300. The summed E-state index contributed by atoms with van der Waals surface area (Å²) < 4.78 is 5.75. The molecule has 0 heterocycles. The number of methoxy groups -OCH3 is 1. The van der Waals surface area contributed by atoms with Crippen LogP contribution in [0.3, 0.4) is 0 Å². The molecule has 0 bridgehead atoms. The highest BCUT2D eigenvalue weighted by atomic mass is 79.9. The average Bonchev–Trinajstić information content (AvgIpc) is 2.65. The minimum atomic E-state index is -0.807. The molecule has 0 aromatic heterocycles. The molecule has 2 aromatic rings. The lowest BCUT2D eigenvalue weighted by Gasteiger charge is -2.20. The average molecular weight is 404 g/mol. The molecule has 1 N–H and O–H groups in total. The third-order valence-electron chi connectivity index (χ3n) is 4.14. The zero-order valence-corrected chi connectivity index (χ0v) is 16.0. The molecule has 4 nitrogen and oxygen atoms in total. The SMILES string of the molecule is CCC(CC(=O)NC(C(=O)OC)c1ccc(Br)cc1)c1ccccc1. The Morgan fingerprint density at radius 2 is 1.68 bits per heavy atom. The molecule has 0 saturated heterocycles. The summed E-state index contributed by atoms with van der Waals surface area (Å²) in [7, 11) is 1.32. The van der Waals surface area contributed by atoms with E-state index in [4.69, 9.17) is 4.74 Å². The first kappa shape index (κ1) is 19.2. The summed E-state index contributed by atoms with van der Waals surface area (Å²) in [5.74, 6) is -0.540. The number of nitrogens with one attached hydrogen (secondary N) is 1. The van der Waals surface area contributed by atoms with Gasteiger partial charge in [-0.05, 0) is 35.6 Å². The van der Waals surface area contributed by atoms with E-state index < -0.39 is 12.0 Å². The van der Waals surface area contributed by atoms with Crippen LogP contribution < -0.4 is 5.32 Å². The number of ether oxygens (including phenoxy) is 1. The van der Waals surface area contributed by atoms with E-state index in [2.05, 4.69) is 28.2 Å². The third kappa shape index (κ3) is 5.43. The Bertz CT molecular complexity index is 701. The molecule has 1 amide bonds. The van der Waals surface area contributed by atoms with Crippen molar-refractivity contribution in [3.8, 4) is 0 Å². The molecule has 0 aliphatic carbocycles. The maximum absolute atomic E-state index is 12.5. The fourth-order valence-corrected chi connectivity index (χ4v) is 2.98. The second-order valence-electron chi connectivity index (χ2n) is 5.80. The van der Waals surface area contributed by atoms with Gasteiger partial charge in [0.25, 0.3) is 0 Å². The Balaban J connectivity index is 2.11. The molecule has 0 saturated carbocycles. The van der Waals surface area contributed by atoms with Crippen LogP contribution in [0.4, 0.5) is 0 Å². The first-order valence-corrected chi connectivity index (χ1v) is 9.02. The molecule has 2 atom stereocenters. The molecular formula is C20H22BrNO3. The van der Waals surface area contributed by atoms with Gasteiger partial charge in [0.05, 0.1) is 7.11 Å². The van der Waals surface area contributed by atoms with Crippen molar-refractivity contribution in [2.45, 2.75) is 31.7 Å². The van der Waals surface area contributed by atoms with Crippen LogP contribution in [-0.2, 0) is 14.3 Å². The zero-order valence-electron chi connectivity index (χ0n) is 14.4. The van der Waals surface area contributed by atoms with Crippen molar-refractivity contribution in [1.29, 1.82) is 0 Å². The zero-order chi connectivity index (χ0) is 18.2. The van der Waals surface area contributed by atoms with Gasteiger partial charge in [-0.1, -0.05) is 65.3 Å². The van der Waals surface area contributed by atoms with Crippen LogP contribution in [0.25, 0.3) is 0 Å². The van der Waals surface area contributed by atoms with Crippen molar-refractivity contribution < 1.29 is 14.3 Å². The topological polar surface area (TPSA) is 55.4 Å². The second kappa shape index (κ2) is 9.37. The van der Waals surface area contributed by atoms with E-state index in [1.54, 1.807) is 12.1 Å². The van der Waals surface area contributed by atoms with Gasteiger partial charge in [0, 0.05) is 10.9 Å². The van der Waals surface area contributed by atoms with Gasteiger partial charge in [0.15, 0.2) is 6.04 Å². The van der Waals surface area contributed by atoms with Crippen molar-refractivity contribution in [3.63, 3.8) is 0 Å². The number of hydrogen-bond donors (Lipinski definition) is 1. The van der Waals surface area contributed by atoms with Crippen LogP contribution >= 0.6 is 15.9 Å². The van der Waals surface area contributed by atoms with Gasteiger partial charge in [0.2, 0.25) is 5.91 Å². The molecule has 2 unspecified atom stereocenters. The number of halogens is 1. The molecule has 0 fully saturated rings. The molecule has 0 aliphatic rings. The van der Waals surface area contributed by atoms with E-state index in [1.807, 2.05) is 42.5 Å². The highest BCUT2D eigenvalue weighted by Gasteiger charge is 2.25. The van der Waals surface area contributed by atoms with Crippen molar-refractivity contribution in [2.75, 3.05) is 7.11 Å². The number of amides is 1. The number of benzene rings is 2. The van der Waals surface area contributed by atoms with Crippen LogP contribution in [0.1, 0.15) is 42.9 Å². The molecule has 2 rings (SSSR count). The summed E-state index contributed by atoms with van der Waals surface area (Å²) in [6.45, 7) is 2.05. The number of carbonyl (C=O) groups excluding carboxylic acids is 2. The van der Waals surface area contributed by atoms with Crippen LogP contribution in [-0.4, -0.2) is 19.0 Å². The molecule has 0 radical (unpaired) electrons. The first-order chi connectivity index (χ1) is 12.0. The van der Waals surface area contributed by atoms with E-state index in [1.165, 1.54) is 7.11 Å². The number of hydrogen-bond acceptors (Lipinski definition) is 3. The van der Waals surface area contributed by atoms with E-state index in [0.717, 1.165) is 16.5 Å². The predicted octanol–water partition coefficient (Wildman–Crippen LogP) is 4.36. The second-order valence-corrected chi connectivity index (χ2v) is 6.71. The molecular weight excluding hydrogens is 382 g/mol. The lowest BCUT2D eigenvalue weighted by Crippen LogP contribution is -2.35. The van der Waals surface area contributed by atoms with Gasteiger partial charge in [-0.15, -0.1) is 0 Å². The van der Waals surface area contributed by atoms with Crippen LogP contribution in [0.5, 0.6) is 0 Å². The van der Waals surface area contributed by atoms with Crippen molar-refractivity contribution in [2.24, 2.45) is 0 Å². The van der Waals surface area contributed by atoms with Gasteiger partial charge in [-0.2, -0.15) is 0 Å². The van der Waals surface area contributed by atoms with Crippen molar-refractivity contribution >= 4 is 27.8 Å². The van der Waals surface area contributed by atoms with Crippen LogP contribution in [0, 0.1) is 0 Å². The summed E-state index contributed by atoms with van der Waals surface area (Å²) in [6.07, 6.45) is 1.17. The van der Waals surface area contributed by atoms with E-state index in [0.29, 0.717) is 12.0 Å². The Kier molecular flexibility index (Phi) is 7.19. The highest BCUT2D eigenvalue weighted by molar-refractivity contribution is 9.10. The van der Waals surface area contributed by atoms with Gasteiger partial charge in [-0.3, -0.25) is 4.79 Å². The molecule has 25 heavy (non-hydrogen) atoms. The highest BCUT2D eigenvalue weighted by Crippen LogP contribution is 2.24. The quantitative estimate of drug-likeness (QED) is 0.698. The Morgan fingerprint density at radius 1 is 1.04 bits per heavy atom. The molecule has 0 spiro atoms. The standard InChI is InChI=1S/C20H22BrNO3/c1-3-14(15-7-5-4-6-8-15)13-18(23)22-19(20(24)25-2)16-9-11-17(21)12-10-16/h4-12,14,19H,3,13H2,1-2H3,(H,22,23). The molecule has 5 heteroatoms. The van der Waals surface area contributed by atoms with Gasteiger partial charge in [0.1, 0.15) is 0 Å². The summed E-state index contributed by atoms with van der Waals surface area (Å²) in [5.41, 5.74) is 1.81. The number of carbonyl (C=O) groups is 2. The third-order valence-corrected chi connectivity index (χ3v) is 4.67. The van der Waals surface area contributed by atoms with Crippen molar-refractivity contribution in [3.05, 3.63) is 70.2 Å². The molecule has 132 valence electrons. The lowest BCUT2D eigenvalue weighted by atomic mass is 9.92. The largest absolute Gasteiger partial charge is 0.467 e. The maximum Gasteiger partial charge on any atom is 0.333 e. The Labute approximate surface area is 156 Å². The van der Waals surface area contributed by atoms with Crippen LogP contribution in [0.2, 0.25) is 0 Å². The van der Waals surface area contributed by atoms with E-state index in [9.17, 15) is 9.59 Å². The van der Waals surface area contributed by atoms with Crippen LogP contribution in [0.15, 0.2) is 59.1 Å². The monoisotopic (exact) mass is 403 g/mol. The minimum Gasteiger partial charge on any atom is -0.467 e. The Hall–Kier alpha value is -2.14. The van der Waals surface area contributed by atoms with Crippen molar-refractivity contribution in [1.82, 2.24) is 5.32 Å².